The molecule has 0 heterocycles. The summed E-state index contributed by atoms with van der Waals surface area (Å²) in [6.45, 7) is 7.95. The maximum absolute atomic E-state index is 5.21. The van der Waals surface area contributed by atoms with Gasteiger partial charge in [0.15, 0.2) is 6.29 Å². The minimum absolute atomic E-state index is 0.224. The van der Waals surface area contributed by atoms with E-state index >= 15 is 0 Å². The van der Waals surface area contributed by atoms with Crippen molar-refractivity contribution in [3.05, 3.63) is 23.8 Å². The summed E-state index contributed by atoms with van der Waals surface area (Å²) in [5.74, 6) is 0. The van der Waals surface area contributed by atoms with E-state index in [9.17, 15) is 0 Å². The molecule has 0 spiro atoms. The van der Waals surface area contributed by atoms with E-state index in [4.69, 9.17) is 9.47 Å². The van der Waals surface area contributed by atoms with Gasteiger partial charge < -0.3 is 9.47 Å². The zero-order valence-electron chi connectivity index (χ0n) is 9.09. The Morgan fingerprint density at radius 3 is 2.23 bits per heavy atom. The molecule has 76 valence electrons. The van der Waals surface area contributed by atoms with Gasteiger partial charge in [0, 0.05) is 14.2 Å². The third-order valence-corrected chi connectivity index (χ3v) is 2.16. The Morgan fingerprint density at radius 1 is 1.38 bits per heavy atom. The zero-order chi connectivity index (χ0) is 10.3. The van der Waals surface area contributed by atoms with Gasteiger partial charge in [0.25, 0.3) is 0 Å². The summed E-state index contributed by atoms with van der Waals surface area (Å²) in [5.41, 5.74) is 2.50. The lowest BCUT2D eigenvalue weighted by Crippen LogP contribution is -2.17. The van der Waals surface area contributed by atoms with Crippen LogP contribution in [0.4, 0.5) is 0 Å². The second kappa shape index (κ2) is 6.87. The summed E-state index contributed by atoms with van der Waals surface area (Å²) in [6.07, 6.45) is 3.50. The van der Waals surface area contributed by atoms with Gasteiger partial charge >= 0.3 is 0 Å². The van der Waals surface area contributed by atoms with Gasteiger partial charge in [-0.2, -0.15) is 0 Å². The second-order valence-electron chi connectivity index (χ2n) is 2.96. The normalized spacial score (nSPS) is 13.0. The van der Waals surface area contributed by atoms with Crippen molar-refractivity contribution in [2.24, 2.45) is 0 Å². The Bertz CT molecular complexity index is 179. The van der Waals surface area contributed by atoms with E-state index in [1.54, 1.807) is 14.2 Å². The topological polar surface area (TPSA) is 18.5 Å². The van der Waals surface area contributed by atoms with Crippen molar-refractivity contribution < 1.29 is 9.47 Å². The van der Waals surface area contributed by atoms with E-state index in [1.165, 1.54) is 11.1 Å². The van der Waals surface area contributed by atoms with Gasteiger partial charge in [0.05, 0.1) is 0 Å². The quantitative estimate of drug-likeness (QED) is 0.467. The van der Waals surface area contributed by atoms with Crippen LogP contribution in [0.15, 0.2) is 23.8 Å². The smallest absolute Gasteiger partial charge is 0.179 e. The van der Waals surface area contributed by atoms with E-state index < -0.39 is 0 Å². The van der Waals surface area contributed by atoms with Crippen molar-refractivity contribution in [3.63, 3.8) is 0 Å². The molecule has 0 aliphatic heterocycles. The van der Waals surface area contributed by atoms with Crippen molar-refractivity contribution in [2.45, 2.75) is 33.0 Å². The molecule has 2 heteroatoms. The second-order valence-corrected chi connectivity index (χ2v) is 2.96. The lowest BCUT2D eigenvalue weighted by atomic mass is 10.0. The van der Waals surface area contributed by atoms with Crippen LogP contribution in [0.2, 0.25) is 0 Å². The number of allylic oxidation sites excluding steroid dienone is 2. The summed E-state index contributed by atoms with van der Waals surface area (Å²) < 4.78 is 10.4. The van der Waals surface area contributed by atoms with Crippen molar-refractivity contribution in [2.75, 3.05) is 14.2 Å². The zero-order valence-corrected chi connectivity index (χ0v) is 9.09. The Hall–Kier alpha value is -0.600. The van der Waals surface area contributed by atoms with E-state index in [2.05, 4.69) is 20.4 Å². The van der Waals surface area contributed by atoms with Gasteiger partial charge in [-0.25, -0.2) is 0 Å². The van der Waals surface area contributed by atoms with Gasteiger partial charge in [-0.05, 0) is 25.3 Å². The van der Waals surface area contributed by atoms with Crippen LogP contribution in [-0.4, -0.2) is 20.5 Å². The third kappa shape index (κ3) is 3.75. The van der Waals surface area contributed by atoms with E-state index in [-0.39, 0.29) is 6.29 Å². The monoisotopic (exact) mass is 184 g/mol. The average molecular weight is 184 g/mol. The summed E-state index contributed by atoms with van der Waals surface area (Å²) in [7, 11) is 3.31. The summed E-state index contributed by atoms with van der Waals surface area (Å²) in [4.78, 5) is 0. The molecule has 0 unspecified atom stereocenters. The molecule has 0 N–H and O–H groups in total. The minimum atomic E-state index is -0.224. The maximum atomic E-state index is 5.21. The molecule has 0 rings (SSSR count). The molecule has 0 aromatic heterocycles. The molecule has 0 aliphatic rings. The Kier molecular flexibility index (Phi) is 6.55. The lowest BCUT2D eigenvalue weighted by molar-refractivity contribution is -0.0765. The molecular weight excluding hydrogens is 164 g/mol. The molecule has 0 fully saturated rings. The maximum Gasteiger partial charge on any atom is 0.179 e. The largest absolute Gasteiger partial charge is 0.352 e. The van der Waals surface area contributed by atoms with Crippen LogP contribution < -0.4 is 0 Å². The molecule has 0 amide bonds. The van der Waals surface area contributed by atoms with Crippen LogP contribution in [0.5, 0.6) is 0 Å². The molecule has 0 aromatic rings. The third-order valence-electron chi connectivity index (χ3n) is 2.16. The summed E-state index contributed by atoms with van der Waals surface area (Å²) in [5, 5.41) is 0. The van der Waals surface area contributed by atoms with Crippen molar-refractivity contribution in [3.8, 4) is 0 Å². The van der Waals surface area contributed by atoms with Gasteiger partial charge in [0.2, 0.25) is 0 Å². The average Bonchev–Trinajstić information content (AvgIpc) is 2.17. The highest BCUT2D eigenvalue weighted by atomic mass is 16.7. The van der Waals surface area contributed by atoms with Crippen LogP contribution in [-0.2, 0) is 9.47 Å². The molecule has 2 nitrogen and oxygen atoms in total. The standard InChI is InChI=1S/C11H20O2/c1-6-8-10(9(3)7-2)11(12-4)13-5/h6,11H,1,7-8H2,2-5H3/b10-9+. The fourth-order valence-electron chi connectivity index (χ4n) is 1.23. The first-order valence-corrected chi connectivity index (χ1v) is 4.56. The van der Waals surface area contributed by atoms with Gasteiger partial charge in [-0.3, -0.25) is 0 Å². The first kappa shape index (κ1) is 12.4. The van der Waals surface area contributed by atoms with Crippen LogP contribution in [0.1, 0.15) is 26.7 Å². The van der Waals surface area contributed by atoms with E-state index in [1.807, 2.05) is 6.08 Å². The SMILES string of the molecule is C=CC/C(=C(/C)CC)C(OC)OC. The highest BCUT2D eigenvalue weighted by Gasteiger charge is 2.12. The number of methoxy groups -OCH3 is 2. The van der Waals surface area contributed by atoms with Crippen molar-refractivity contribution in [1.29, 1.82) is 0 Å². The van der Waals surface area contributed by atoms with Gasteiger partial charge in [-0.15, -0.1) is 6.58 Å². The number of hydrogen-bond acceptors (Lipinski definition) is 2. The first-order valence-electron chi connectivity index (χ1n) is 4.56. The highest BCUT2D eigenvalue weighted by Crippen LogP contribution is 2.18. The Balaban J connectivity index is 4.65. The van der Waals surface area contributed by atoms with Crippen molar-refractivity contribution >= 4 is 0 Å². The van der Waals surface area contributed by atoms with Crippen LogP contribution >= 0.6 is 0 Å². The van der Waals surface area contributed by atoms with Crippen LogP contribution in [0.3, 0.4) is 0 Å². The molecule has 0 atom stereocenters. The number of hydrogen-bond donors (Lipinski definition) is 0. The fraction of sp³-hybridized carbons (Fsp3) is 0.636. The predicted molar refractivity (Wildman–Crippen MR) is 55.6 cm³/mol. The molecule has 0 aromatic carbocycles. The molecule has 0 aliphatic carbocycles. The van der Waals surface area contributed by atoms with Crippen molar-refractivity contribution in [1.82, 2.24) is 0 Å². The highest BCUT2D eigenvalue weighted by molar-refractivity contribution is 5.17. The van der Waals surface area contributed by atoms with Crippen LogP contribution in [0, 0.1) is 0 Å². The first-order chi connectivity index (χ1) is 6.21. The van der Waals surface area contributed by atoms with E-state index in [0.29, 0.717) is 0 Å². The predicted octanol–water partition coefficient (Wildman–Crippen LogP) is 2.91. The molecule has 0 bridgehead atoms. The van der Waals surface area contributed by atoms with Crippen LogP contribution in [0.25, 0.3) is 0 Å². The number of ether oxygens (including phenoxy) is 2. The molecule has 13 heavy (non-hydrogen) atoms. The van der Waals surface area contributed by atoms with E-state index in [0.717, 1.165) is 12.8 Å². The Morgan fingerprint density at radius 2 is 1.92 bits per heavy atom. The molecule has 0 radical (unpaired) electrons. The van der Waals surface area contributed by atoms with Gasteiger partial charge in [-0.1, -0.05) is 18.6 Å². The Labute approximate surface area is 81.2 Å². The summed E-state index contributed by atoms with van der Waals surface area (Å²) >= 11 is 0. The minimum Gasteiger partial charge on any atom is -0.352 e. The summed E-state index contributed by atoms with van der Waals surface area (Å²) in [6, 6.07) is 0. The molecular formula is C11H20O2. The fourth-order valence-corrected chi connectivity index (χ4v) is 1.23. The molecule has 0 saturated heterocycles. The van der Waals surface area contributed by atoms with Gasteiger partial charge in [0.1, 0.15) is 0 Å². The lowest BCUT2D eigenvalue weighted by Gasteiger charge is -2.18. The molecule has 0 saturated carbocycles. The number of rotatable bonds is 6.